The van der Waals surface area contributed by atoms with Crippen molar-refractivity contribution in [2.45, 2.75) is 19.3 Å². The molecule has 2 aromatic rings. The van der Waals surface area contributed by atoms with Crippen LogP contribution >= 0.6 is 0 Å². The van der Waals surface area contributed by atoms with Gasteiger partial charge in [0.05, 0.1) is 21.3 Å². The molecular formula is C24H30N2O5. The Morgan fingerprint density at radius 3 is 2.16 bits per heavy atom. The molecule has 1 heterocycles. The van der Waals surface area contributed by atoms with Gasteiger partial charge in [-0.15, -0.1) is 0 Å². The van der Waals surface area contributed by atoms with Gasteiger partial charge >= 0.3 is 0 Å². The molecule has 1 aliphatic heterocycles. The fraction of sp³-hybridized carbons (Fsp3) is 0.417. The van der Waals surface area contributed by atoms with E-state index in [-0.39, 0.29) is 11.8 Å². The van der Waals surface area contributed by atoms with E-state index in [9.17, 15) is 9.59 Å². The van der Waals surface area contributed by atoms with Crippen LogP contribution in [0.2, 0.25) is 0 Å². The molecule has 1 fully saturated rings. The van der Waals surface area contributed by atoms with Crippen molar-refractivity contribution in [3.63, 3.8) is 0 Å². The lowest BCUT2D eigenvalue weighted by molar-refractivity contribution is -0.131. The highest BCUT2D eigenvalue weighted by Crippen LogP contribution is 2.28. The Hall–Kier alpha value is -3.22. The molecule has 2 amide bonds. The van der Waals surface area contributed by atoms with Crippen molar-refractivity contribution in [3.8, 4) is 17.2 Å². The van der Waals surface area contributed by atoms with Crippen LogP contribution in [0.25, 0.3) is 0 Å². The van der Waals surface area contributed by atoms with Crippen LogP contribution in [0.15, 0.2) is 42.5 Å². The molecule has 0 aliphatic carbocycles. The number of methoxy groups -OCH3 is 3. The van der Waals surface area contributed by atoms with Gasteiger partial charge in [0.25, 0.3) is 5.91 Å². The second kappa shape index (κ2) is 10.7. The molecule has 0 unspecified atom stereocenters. The number of rotatable bonds is 7. The van der Waals surface area contributed by atoms with E-state index in [1.807, 2.05) is 28.0 Å². The van der Waals surface area contributed by atoms with Gasteiger partial charge in [-0.05, 0) is 54.8 Å². The Bertz CT molecular complexity index is 897. The van der Waals surface area contributed by atoms with Crippen molar-refractivity contribution in [1.29, 1.82) is 0 Å². The first-order valence-corrected chi connectivity index (χ1v) is 10.5. The average Bonchev–Trinajstić information content (AvgIpc) is 3.08. The lowest BCUT2D eigenvalue weighted by Gasteiger charge is -2.22. The Morgan fingerprint density at radius 2 is 1.48 bits per heavy atom. The lowest BCUT2D eigenvalue weighted by atomic mass is 10.1. The van der Waals surface area contributed by atoms with Crippen LogP contribution in [-0.4, -0.2) is 69.1 Å². The Kier molecular flexibility index (Phi) is 7.76. The largest absolute Gasteiger partial charge is 0.497 e. The van der Waals surface area contributed by atoms with Crippen LogP contribution < -0.4 is 14.2 Å². The predicted molar refractivity (Wildman–Crippen MR) is 118 cm³/mol. The van der Waals surface area contributed by atoms with Crippen molar-refractivity contribution < 1.29 is 23.8 Å². The molecule has 7 nitrogen and oxygen atoms in total. The van der Waals surface area contributed by atoms with Crippen LogP contribution in [0.3, 0.4) is 0 Å². The lowest BCUT2D eigenvalue weighted by Crippen LogP contribution is -2.37. The maximum absolute atomic E-state index is 12.8. The molecule has 166 valence electrons. The van der Waals surface area contributed by atoms with E-state index in [4.69, 9.17) is 14.2 Å². The molecule has 31 heavy (non-hydrogen) atoms. The van der Waals surface area contributed by atoms with E-state index >= 15 is 0 Å². The minimum Gasteiger partial charge on any atom is -0.497 e. The van der Waals surface area contributed by atoms with Gasteiger partial charge in [-0.1, -0.05) is 6.07 Å². The number of amides is 2. The summed E-state index contributed by atoms with van der Waals surface area (Å²) in [6, 6.07) is 12.8. The standard InChI is InChI=1S/C24H30N2O5/c1-29-20-9-7-19(8-10-20)24(28)26-14-4-13-25(15-16-26)23(27)12-6-18-5-11-21(30-2)22(17-18)31-3/h5,7-11,17H,4,6,12-16H2,1-3H3. The van der Waals surface area contributed by atoms with E-state index in [1.54, 1.807) is 45.6 Å². The summed E-state index contributed by atoms with van der Waals surface area (Å²) in [5.41, 5.74) is 1.66. The first-order chi connectivity index (χ1) is 15.0. The van der Waals surface area contributed by atoms with Crippen LogP contribution in [0.4, 0.5) is 0 Å². The number of hydrogen-bond donors (Lipinski definition) is 0. The maximum atomic E-state index is 12.8. The number of benzene rings is 2. The van der Waals surface area contributed by atoms with Gasteiger partial charge in [0.2, 0.25) is 5.91 Å². The van der Waals surface area contributed by atoms with Gasteiger partial charge in [-0.3, -0.25) is 9.59 Å². The maximum Gasteiger partial charge on any atom is 0.253 e. The molecule has 1 aliphatic rings. The third-order valence-electron chi connectivity index (χ3n) is 5.55. The Balaban J connectivity index is 1.54. The molecule has 0 bridgehead atoms. The van der Waals surface area contributed by atoms with Crippen LogP contribution in [-0.2, 0) is 11.2 Å². The number of ether oxygens (including phenoxy) is 3. The number of carbonyl (C=O) groups is 2. The highest BCUT2D eigenvalue weighted by molar-refractivity contribution is 5.94. The Morgan fingerprint density at radius 1 is 0.806 bits per heavy atom. The summed E-state index contributed by atoms with van der Waals surface area (Å²) in [5.74, 6) is 2.15. The van der Waals surface area contributed by atoms with Gasteiger partial charge < -0.3 is 24.0 Å². The summed E-state index contributed by atoms with van der Waals surface area (Å²) in [6.45, 7) is 2.39. The molecule has 0 saturated carbocycles. The van der Waals surface area contributed by atoms with Crippen molar-refractivity contribution in [3.05, 3.63) is 53.6 Å². The monoisotopic (exact) mass is 426 g/mol. The first-order valence-electron chi connectivity index (χ1n) is 10.5. The minimum absolute atomic E-state index is 0.0118. The molecular weight excluding hydrogens is 396 g/mol. The number of hydrogen-bond acceptors (Lipinski definition) is 5. The molecule has 7 heteroatoms. The topological polar surface area (TPSA) is 68.3 Å². The van der Waals surface area contributed by atoms with E-state index in [0.717, 1.165) is 17.7 Å². The van der Waals surface area contributed by atoms with Crippen LogP contribution in [0.1, 0.15) is 28.8 Å². The highest BCUT2D eigenvalue weighted by Gasteiger charge is 2.23. The second-order valence-electron chi connectivity index (χ2n) is 7.44. The van der Waals surface area contributed by atoms with Gasteiger partial charge in [0.1, 0.15) is 5.75 Å². The van der Waals surface area contributed by atoms with Crippen molar-refractivity contribution in [2.24, 2.45) is 0 Å². The normalized spacial score (nSPS) is 14.0. The molecule has 0 radical (unpaired) electrons. The summed E-state index contributed by atoms with van der Waals surface area (Å²) >= 11 is 0. The van der Waals surface area contributed by atoms with Crippen molar-refractivity contribution in [1.82, 2.24) is 9.80 Å². The zero-order chi connectivity index (χ0) is 22.2. The molecule has 2 aromatic carbocycles. The molecule has 1 saturated heterocycles. The summed E-state index contributed by atoms with van der Waals surface area (Å²) < 4.78 is 15.7. The van der Waals surface area contributed by atoms with Crippen molar-refractivity contribution in [2.75, 3.05) is 47.5 Å². The second-order valence-corrected chi connectivity index (χ2v) is 7.44. The molecule has 0 atom stereocenters. The summed E-state index contributed by atoms with van der Waals surface area (Å²) in [4.78, 5) is 29.3. The Labute approximate surface area is 183 Å². The molecule has 0 N–H and O–H groups in total. The van der Waals surface area contributed by atoms with Crippen LogP contribution in [0, 0.1) is 0 Å². The SMILES string of the molecule is COc1ccc(C(=O)N2CCCN(C(=O)CCc3ccc(OC)c(OC)c3)CC2)cc1. The fourth-order valence-electron chi connectivity index (χ4n) is 3.73. The van der Waals surface area contributed by atoms with Gasteiger partial charge in [0, 0.05) is 38.2 Å². The smallest absolute Gasteiger partial charge is 0.253 e. The fourth-order valence-corrected chi connectivity index (χ4v) is 3.73. The number of aryl methyl sites for hydroxylation is 1. The predicted octanol–water partition coefficient (Wildman–Crippen LogP) is 3.02. The summed E-state index contributed by atoms with van der Waals surface area (Å²) in [6.07, 6.45) is 1.82. The van der Waals surface area contributed by atoms with E-state index in [0.29, 0.717) is 56.1 Å². The highest BCUT2D eigenvalue weighted by atomic mass is 16.5. The van der Waals surface area contributed by atoms with Gasteiger partial charge in [0.15, 0.2) is 11.5 Å². The molecule has 0 aromatic heterocycles. The van der Waals surface area contributed by atoms with E-state index in [1.165, 1.54) is 0 Å². The number of nitrogens with zero attached hydrogens (tertiary/aromatic N) is 2. The van der Waals surface area contributed by atoms with Gasteiger partial charge in [-0.25, -0.2) is 0 Å². The number of carbonyl (C=O) groups excluding carboxylic acids is 2. The van der Waals surface area contributed by atoms with E-state index < -0.39 is 0 Å². The third kappa shape index (κ3) is 5.69. The summed E-state index contributed by atoms with van der Waals surface area (Å²) in [5, 5.41) is 0. The zero-order valence-electron chi connectivity index (χ0n) is 18.4. The summed E-state index contributed by atoms with van der Waals surface area (Å²) in [7, 11) is 4.80. The quantitative estimate of drug-likeness (QED) is 0.681. The molecule has 0 spiro atoms. The van der Waals surface area contributed by atoms with Crippen LogP contribution in [0.5, 0.6) is 17.2 Å². The van der Waals surface area contributed by atoms with Gasteiger partial charge in [-0.2, -0.15) is 0 Å². The van der Waals surface area contributed by atoms with E-state index in [2.05, 4.69) is 0 Å². The minimum atomic E-state index is -0.0118. The zero-order valence-corrected chi connectivity index (χ0v) is 18.4. The van der Waals surface area contributed by atoms with Crippen molar-refractivity contribution >= 4 is 11.8 Å². The molecule has 3 rings (SSSR count). The first kappa shape index (κ1) is 22.5. The average molecular weight is 427 g/mol. The third-order valence-corrected chi connectivity index (χ3v) is 5.55.